The van der Waals surface area contributed by atoms with Gasteiger partial charge in [-0.15, -0.1) is 0 Å². The number of hydrogen-bond acceptors (Lipinski definition) is 2. The first-order chi connectivity index (χ1) is 11.2. The van der Waals surface area contributed by atoms with E-state index < -0.39 is 6.10 Å². The first-order valence-electron chi connectivity index (χ1n) is 8.40. The molecule has 2 rings (SSSR count). The Morgan fingerprint density at radius 1 is 0.913 bits per heavy atom. The molecular formula is C20H28NO2+. The van der Waals surface area contributed by atoms with E-state index in [2.05, 4.69) is 26.0 Å². The summed E-state index contributed by atoms with van der Waals surface area (Å²) in [6, 6.07) is 18.1. The van der Waals surface area contributed by atoms with Crippen molar-refractivity contribution in [1.82, 2.24) is 0 Å². The number of ether oxygens (including phenoxy) is 1. The monoisotopic (exact) mass is 314 g/mol. The van der Waals surface area contributed by atoms with Crippen LogP contribution in [-0.2, 0) is 0 Å². The second kappa shape index (κ2) is 8.70. The molecule has 2 atom stereocenters. The van der Waals surface area contributed by atoms with E-state index in [1.807, 2.05) is 42.5 Å². The Labute approximate surface area is 139 Å². The fraction of sp³-hybridized carbons (Fsp3) is 0.400. The summed E-state index contributed by atoms with van der Waals surface area (Å²) in [6.45, 7) is 7.44. The molecule has 2 N–H and O–H groups in total. The standard InChI is InChI=1S/C20H27NO2/c1-4-21(5-2)15-19(16-9-7-6-8-10-16)20(22)17-11-13-18(23-3)14-12-17/h6-14,19-20,22H,4-5,15H2,1-3H3/p+1/t19-,20+/m1/s1. The topological polar surface area (TPSA) is 33.9 Å². The molecule has 0 radical (unpaired) electrons. The Morgan fingerprint density at radius 3 is 2.04 bits per heavy atom. The molecule has 0 bridgehead atoms. The van der Waals surface area contributed by atoms with Crippen LogP contribution in [-0.4, -0.2) is 31.9 Å². The summed E-state index contributed by atoms with van der Waals surface area (Å²) in [5, 5.41) is 11.0. The Morgan fingerprint density at radius 2 is 1.52 bits per heavy atom. The fourth-order valence-electron chi connectivity index (χ4n) is 3.00. The van der Waals surface area contributed by atoms with Crippen LogP contribution in [0.25, 0.3) is 0 Å². The zero-order valence-corrected chi connectivity index (χ0v) is 14.3. The van der Waals surface area contributed by atoms with E-state index >= 15 is 0 Å². The zero-order chi connectivity index (χ0) is 16.7. The maximum Gasteiger partial charge on any atom is 0.118 e. The van der Waals surface area contributed by atoms with E-state index in [1.54, 1.807) is 7.11 Å². The highest BCUT2D eigenvalue weighted by atomic mass is 16.5. The summed E-state index contributed by atoms with van der Waals surface area (Å²) >= 11 is 0. The van der Waals surface area contributed by atoms with Crippen LogP contribution in [0.5, 0.6) is 5.75 Å². The van der Waals surface area contributed by atoms with Gasteiger partial charge < -0.3 is 14.7 Å². The Balaban J connectivity index is 2.27. The Hall–Kier alpha value is -1.84. The van der Waals surface area contributed by atoms with Gasteiger partial charge in [0, 0.05) is 0 Å². The maximum atomic E-state index is 11.0. The van der Waals surface area contributed by atoms with Crippen molar-refractivity contribution in [2.75, 3.05) is 26.7 Å². The van der Waals surface area contributed by atoms with Crippen LogP contribution in [0.15, 0.2) is 54.6 Å². The van der Waals surface area contributed by atoms with E-state index in [-0.39, 0.29) is 5.92 Å². The molecule has 124 valence electrons. The molecule has 3 nitrogen and oxygen atoms in total. The van der Waals surface area contributed by atoms with Crippen molar-refractivity contribution in [1.29, 1.82) is 0 Å². The van der Waals surface area contributed by atoms with Gasteiger partial charge in [0.25, 0.3) is 0 Å². The molecule has 0 aliphatic heterocycles. The summed E-state index contributed by atoms with van der Waals surface area (Å²) in [5.41, 5.74) is 2.13. The van der Waals surface area contributed by atoms with E-state index in [0.717, 1.165) is 30.9 Å². The summed E-state index contributed by atoms with van der Waals surface area (Å²) in [7, 11) is 1.65. The number of rotatable bonds is 8. The fourth-order valence-corrected chi connectivity index (χ4v) is 3.00. The molecule has 0 aliphatic carbocycles. The van der Waals surface area contributed by atoms with Crippen molar-refractivity contribution < 1.29 is 14.7 Å². The highest BCUT2D eigenvalue weighted by molar-refractivity contribution is 5.31. The van der Waals surface area contributed by atoms with E-state index in [0.29, 0.717) is 0 Å². The van der Waals surface area contributed by atoms with Gasteiger partial charge in [0.1, 0.15) is 5.75 Å². The minimum Gasteiger partial charge on any atom is -0.497 e. The number of aliphatic hydroxyl groups is 1. The third-order valence-corrected chi connectivity index (χ3v) is 4.57. The second-order valence-corrected chi connectivity index (χ2v) is 5.90. The third kappa shape index (κ3) is 4.57. The summed E-state index contributed by atoms with van der Waals surface area (Å²) in [6.07, 6.45) is -0.517. The van der Waals surface area contributed by atoms with Gasteiger partial charge in [0.15, 0.2) is 0 Å². The minimum atomic E-state index is -0.517. The van der Waals surface area contributed by atoms with Crippen LogP contribution >= 0.6 is 0 Å². The minimum absolute atomic E-state index is 0.0829. The van der Waals surface area contributed by atoms with Gasteiger partial charge in [0.2, 0.25) is 0 Å². The number of nitrogens with one attached hydrogen (secondary N) is 1. The lowest BCUT2D eigenvalue weighted by atomic mass is 9.88. The molecule has 3 heteroatoms. The lowest BCUT2D eigenvalue weighted by molar-refractivity contribution is -0.898. The lowest BCUT2D eigenvalue weighted by Crippen LogP contribution is -3.12. The second-order valence-electron chi connectivity index (χ2n) is 5.90. The molecule has 0 unspecified atom stereocenters. The molecule has 0 saturated carbocycles. The number of hydrogen-bond donors (Lipinski definition) is 2. The lowest BCUT2D eigenvalue weighted by Gasteiger charge is -2.27. The maximum absolute atomic E-state index is 11.0. The highest BCUT2D eigenvalue weighted by Gasteiger charge is 2.26. The van der Waals surface area contributed by atoms with Gasteiger partial charge in [-0.3, -0.25) is 0 Å². The van der Waals surface area contributed by atoms with Gasteiger partial charge in [0.05, 0.1) is 38.8 Å². The molecular weight excluding hydrogens is 286 g/mol. The van der Waals surface area contributed by atoms with Crippen molar-refractivity contribution in [3.05, 3.63) is 65.7 Å². The molecule has 23 heavy (non-hydrogen) atoms. The summed E-state index contributed by atoms with van der Waals surface area (Å²) in [4.78, 5) is 1.49. The van der Waals surface area contributed by atoms with Crippen LogP contribution in [0.3, 0.4) is 0 Å². The average molecular weight is 314 g/mol. The van der Waals surface area contributed by atoms with Gasteiger partial charge in [-0.25, -0.2) is 0 Å². The first kappa shape index (κ1) is 17.5. The van der Waals surface area contributed by atoms with Crippen LogP contribution in [0.1, 0.15) is 37.0 Å². The van der Waals surface area contributed by atoms with Crippen molar-refractivity contribution in [2.45, 2.75) is 25.9 Å². The van der Waals surface area contributed by atoms with Gasteiger partial charge in [-0.05, 0) is 37.1 Å². The number of benzene rings is 2. The van der Waals surface area contributed by atoms with Crippen molar-refractivity contribution in [3.8, 4) is 5.75 Å². The molecule has 2 aromatic carbocycles. The molecule has 0 amide bonds. The van der Waals surface area contributed by atoms with E-state index in [9.17, 15) is 5.11 Å². The van der Waals surface area contributed by atoms with Gasteiger partial charge >= 0.3 is 0 Å². The van der Waals surface area contributed by atoms with Crippen molar-refractivity contribution in [2.24, 2.45) is 0 Å². The van der Waals surface area contributed by atoms with E-state index in [1.165, 1.54) is 10.5 Å². The third-order valence-electron chi connectivity index (χ3n) is 4.57. The largest absolute Gasteiger partial charge is 0.497 e. The first-order valence-corrected chi connectivity index (χ1v) is 8.40. The predicted octanol–water partition coefficient (Wildman–Crippen LogP) is 2.44. The molecule has 0 saturated heterocycles. The van der Waals surface area contributed by atoms with Crippen LogP contribution in [0.4, 0.5) is 0 Å². The summed E-state index contributed by atoms with van der Waals surface area (Å²) in [5.74, 6) is 0.895. The molecule has 0 spiro atoms. The molecule has 2 aromatic rings. The molecule has 0 fully saturated rings. The number of likely N-dealkylation sites (N-methyl/N-ethyl adjacent to an activating group) is 1. The van der Waals surface area contributed by atoms with Crippen molar-refractivity contribution >= 4 is 0 Å². The van der Waals surface area contributed by atoms with E-state index in [4.69, 9.17) is 4.74 Å². The number of methoxy groups -OCH3 is 1. The molecule has 0 heterocycles. The number of quaternary nitrogens is 1. The van der Waals surface area contributed by atoms with Crippen LogP contribution in [0.2, 0.25) is 0 Å². The summed E-state index contributed by atoms with van der Waals surface area (Å²) < 4.78 is 5.21. The van der Waals surface area contributed by atoms with Crippen molar-refractivity contribution in [3.63, 3.8) is 0 Å². The Kier molecular flexibility index (Phi) is 6.63. The highest BCUT2D eigenvalue weighted by Crippen LogP contribution is 2.30. The Bertz CT molecular complexity index is 564. The van der Waals surface area contributed by atoms with Gasteiger partial charge in [-0.1, -0.05) is 42.5 Å². The quantitative estimate of drug-likeness (QED) is 0.785. The smallest absolute Gasteiger partial charge is 0.118 e. The predicted molar refractivity (Wildman–Crippen MR) is 94.0 cm³/mol. The SMILES string of the molecule is CC[NH+](CC)C[C@H](c1ccccc1)[C@@H](O)c1ccc(OC)cc1. The zero-order valence-electron chi connectivity index (χ0n) is 14.3. The van der Waals surface area contributed by atoms with Crippen LogP contribution in [0, 0.1) is 0 Å². The normalized spacial score (nSPS) is 13.8. The van der Waals surface area contributed by atoms with Gasteiger partial charge in [-0.2, -0.15) is 0 Å². The molecule has 0 aliphatic rings. The van der Waals surface area contributed by atoms with Crippen LogP contribution < -0.4 is 9.64 Å². The number of aliphatic hydroxyl groups excluding tert-OH is 1. The molecule has 0 aromatic heterocycles. The average Bonchev–Trinajstić information content (AvgIpc) is 2.63.